The van der Waals surface area contributed by atoms with Crippen molar-refractivity contribution in [1.29, 1.82) is 5.26 Å². The Morgan fingerprint density at radius 1 is 1.38 bits per heavy atom. The maximum absolute atomic E-state index is 12.5. The third-order valence-electron chi connectivity index (χ3n) is 3.49. The molecule has 0 unspecified atom stereocenters. The molecule has 2 aromatic heterocycles. The van der Waals surface area contributed by atoms with Crippen molar-refractivity contribution < 1.29 is 23.4 Å². The van der Waals surface area contributed by atoms with Gasteiger partial charge in [-0.3, -0.25) is 4.90 Å². The molecular formula is C15H17F3N4O2. The summed E-state index contributed by atoms with van der Waals surface area (Å²) in [4.78, 5) is 5.55. The van der Waals surface area contributed by atoms with E-state index in [0.717, 1.165) is 0 Å². The molecule has 0 aromatic carbocycles. The largest absolute Gasteiger partial charge is 0.394 e. The number of aromatic nitrogens is 2. The number of nitriles is 1. The second kappa shape index (κ2) is 7.61. The first-order chi connectivity index (χ1) is 11.3. The van der Waals surface area contributed by atoms with Gasteiger partial charge in [-0.05, 0) is 12.1 Å². The number of nitrogens with zero attached hydrogens (tertiary/aromatic N) is 4. The van der Waals surface area contributed by atoms with Gasteiger partial charge in [0.2, 0.25) is 0 Å². The van der Waals surface area contributed by atoms with Crippen molar-refractivity contribution in [2.45, 2.75) is 25.2 Å². The summed E-state index contributed by atoms with van der Waals surface area (Å²) in [5.41, 5.74) is 1.57. The molecule has 0 amide bonds. The van der Waals surface area contributed by atoms with Crippen LogP contribution in [0.1, 0.15) is 17.7 Å². The first-order valence-corrected chi connectivity index (χ1v) is 7.26. The Labute approximate surface area is 136 Å². The molecule has 0 spiro atoms. The van der Waals surface area contributed by atoms with Gasteiger partial charge in [-0.2, -0.15) is 18.4 Å². The van der Waals surface area contributed by atoms with Gasteiger partial charge in [0.05, 0.1) is 36.6 Å². The highest BCUT2D eigenvalue weighted by atomic mass is 19.4. The van der Waals surface area contributed by atoms with Crippen LogP contribution in [0.2, 0.25) is 0 Å². The summed E-state index contributed by atoms with van der Waals surface area (Å²) in [5.74, 6) is 0. The first-order valence-electron chi connectivity index (χ1n) is 7.26. The van der Waals surface area contributed by atoms with Gasteiger partial charge in [0.25, 0.3) is 0 Å². The molecule has 0 radical (unpaired) electrons. The van der Waals surface area contributed by atoms with Gasteiger partial charge in [0, 0.05) is 25.8 Å². The lowest BCUT2D eigenvalue weighted by Crippen LogP contribution is -2.36. The molecule has 0 saturated heterocycles. The van der Waals surface area contributed by atoms with Gasteiger partial charge < -0.3 is 14.6 Å². The van der Waals surface area contributed by atoms with Crippen LogP contribution < -0.4 is 0 Å². The molecule has 0 fully saturated rings. The Bertz CT molecular complexity index is 724. The predicted octanol–water partition coefficient (Wildman–Crippen LogP) is 1.31. The van der Waals surface area contributed by atoms with Crippen LogP contribution in [0.25, 0.3) is 5.65 Å². The van der Waals surface area contributed by atoms with E-state index in [-0.39, 0.29) is 19.6 Å². The third-order valence-corrected chi connectivity index (χ3v) is 3.49. The zero-order valence-corrected chi connectivity index (χ0v) is 12.7. The van der Waals surface area contributed by atoms with Crippen LogP contribution in [0.15, 0.2) is 24.5 Å². The van der Waals surface area contributed by atoms with Gasteiger partial charge in [-0.25, -0.2) is 4.98 Å². The minimum atomic E-state index is -4.31. The lowest BCUT2D eigenvalue weighted by molar-refractivity contribution is -0.139. The molecule has 130 valence electrons. The number of pyridine rings is 1. The molecule has 1 atom stereocenters. The van der Waals surface area contributed by atoms with E-state index in [2.05, 4.69) is 4.98 Å². The monoisotopic (exact) mass is 342 g/mol. The molecule has 9 heteroatoms. The summed E-state index contributed by atoms with van der Waals surface area (Å²) in [5, 5.41) is 27.4. The SMILES string of the molecule is N#Cc1ccc2ncc(CN(CCC(F)(F)F)C[C@H](O)CO)n2c1. The number of fused-ring (bicyclic) bond motifs is 1. The summed E-state index contributed by atoms with van der Waals surface area (Å²) in [6, 6.07) is 5.24. The number of hydrogen-bond acceptors (Lipinski definition) is 5. The highest BCUT2D eigenvalue weighted by Crippen LogP contribution is 2.21. The Kier molecular flexibility index (Phi) is 5.77. The van der Waals surface area contributed by atoms with Crippen molar-refractivity contribution in [2.75, 3.05) is 19.7 Å². The van der Waals surface area contributed by atoms with E-state index in [9.17, 15) is 18.3 Å². The Morgan fingerprint density at radius 3 is 2.75 bits per heavy atom. The Balaban J connectivity index is 2.20. The summed E-state index contributed by atoms with van der Waals surface area (Å²) in [6.45, 7) is -0.846. The van der Waals surface area contributed by atoms with Crippen LogP contribution in [0.3, 0.4) is 0 Å². The maximum atomic E-state index is 12.5. The van der Waals surface area contributed by atoms with Crippen LogP contribution in [-0.4, -0.2) is 56.5 Å². The lowest BCUT2D eigenvalue weighted by Gasteiger charge is -2.24. The van der Waals surface area contributed by atoms with Crippen LogP contribution in [0, 0.1) is 11.3 Å². The summed E-state index contributed by atoms with van der Waals surface area (Å²) in [7, 11) is 0. The Morgan fingerprint density at radius 2 is 2.12 bits per heavy atom. The number of alkyl halides is 3. The predicted molar refractivity (Wildman–Crippen MR) is 78.9 cm³/mol. The van der Waals surface area contributed by atoms with Crippen LogP contribution in [0.5, 0.6) is 0 Å². The topological polar surface area (TPSA) is 84.8 Å². The molecule has 0 saturated carbocycles. The average molecular weight is 342 g/mol. The zero-order chi connectivity index (χ0) is 17.7. The van der Waals surface area contributed by atoms with E-state index in [1.807, 2.05) is 6.07 Å². The van der Waals surface area contributed by atoms with E-state index in [1.165, 1.54) is 11.1 Å². The van der Waals surface area contributed by atoms with Gasteiger partial charge in [0.1, 0.15) is 11.7 Å². The van der Waals surface area contributed by atoms with Crippen LogP contribution in [-0.2, 0) is 6.54 Å². The highest BCUT2D eigenvalue weighted by Gasteiger charge is 2.28. The molecular weight excluding hydrogens is 325 g/mol. The number of rotatable bonds is 7. The van der Waals surface area contributed by atoms with Crippen LogP contribution >= 0.6 is 0 Å². The van der Waals surface area contributed by atoms with E-state index >= 15 is 0 Å². The first kappa shape index (κ1) is 18.2. The fourth-order valence-corrected chi connectivity index (χ4v) is 2.32. The van der Waals surface area contributed by atoms with Gasteiger partial charge >= 0.3 is 6.18 Å². The van der Waals surface area contributed by atoms with E-state index in [4.69, 9.17) is 10.4 Å². The number of halogens is 3. The molecule has 24 heavy (non-hydrogen) atoms. The van der Waals surface area contributed by atoms with Crippen molar-refractivity contribution in [3.05, 3.63) is 35.8 Å². The normalized spacial score (nSPS) is 13.4. The average Bonchev–Trinajstić information content (AvgIpc) is 2.93. The number of hydrogen-bond donors (Lipinski definition) is 2. The smallest absolute Gasteiger partial charge is 0.390 e. The minimum Gasteiger partial charge on any atom is -0.394 e. The highest BCUT2D eigenvalue weighted by molar-refractivity contribution is 5.44. The lowest BCUT2D eigenvalue weighted by atomic mass is 10.2. The van der Waals surface area contributed by atoms with E-state index in [0.29, 0.717) is 16.9 Å². The molecule has 0 bridgehead atoms. The van der Waals surface area contributed by atoms with Crippen molar-refractivity contribution in [3.63, 3.8) is 0 Å². The fraction of sp³-hybridized carbons (Fsp3) is 0.467. The number of aliphatic hydroxyl groups excluding tert-OH is 2. The van der Waals surface area contributed by atoms with Crippen LogP contribution in [0.4, 0.5) is 13.2 Å². The standard InChI is InChI=1S/C15H17F3N4O2/c16-15(17,18)3-4-21(9-13(24)10-23)8-12-6-20-14-2-1-11(5-19)7-22(12)14/h1-2,6-7,13,23-24H,3-4,8-10H2/t13-/m0/s1. The second-order valence-corrected chi connectivity index (χ2v) is 5.44. The van der Waals surface area contributed by atoms with E-state index in [1.54, 1.807) is 22.7 Å². The summed E-state index contributed by atoms with van der Waals surface area (Å²) < 4.78 is 39.1. The van der Waals surface area contributed by atoms with Crippen molar-refractivity contribution in [1.82, 2.24) is 14.3 Å². The molecule has 2 heterocycles. The van der Waals surface area contributed by atoms with Gasteiger partial charge in [-0.1, -0.05) is 0 Å². The van der Waals surface area contributed by atoms with Crippen molar-refractivity contribution in [3.8, 4) is 6.07 Å². The van der Waals surface area contributed by atoms with Crippen molar-refractivity contribution in [2.24, 2.45) is 0 Å². The fourth-order valence-electron chi connectivity index (χ4n) is 2.32. The molecule has 0 aliphatic heterocycles. The zero-order valence-electron chi connectivity index (χ0n) is 12.7. The van der Waals surface area contributed by atoms with E-state index < -0.39 is 25.3 Å². The molecule has 2 N–H and O–H groups in total. The van der Waals surface area contributed by atoms with Crippen molar-refractivity contribution >= 4 is 5.65 Å². The Hall–Kier alpha value is -2.15. The molecule has 0 aliphatic rings. The quantitative estimate of drug-likeness (QED) is 0.793. The van der Waals surface area contributed by atoms with Gasteiger partial charge in [0.15, 0.2) is 0 Å². The molecule has 6 nitrogen and oxygen atoms in total. The summed E-state index contributed by atoms with van der Waals surface area (Å²) >= 11 is 0. The maximum Gasteiger partial charge on any atom is 0.390 e. The number of imidazole rings is 1. The molecule has 2 aromatic rings. The molecule has 2 rings (SSSR count). The second-order valence-electron chi connectivity index (χ2n) is 5.44. The summed E-state index contributed by atoms with van der Waals surface area (Å²) in [6.07, 6.45) is -3.39. The molecule has 0 aliphatic carbocycles. The third kappa shape index (κ3) is 4.92. The minimum absolute atomic E-state index is 0.0995. The number of aliphatic hydroxyl groups is 2. The van der Waals surface area contributed by atoms with Gasteiger partial charge in [-0.15, -0.1) is 0 Å².